The van der Waals surface area contributed by atoms with Gasteiger partial charge in [-0.05, 0) is 23.8 Å². The molecule has 26 heavy (non-hydrogen) atoms. The zero-order valence-electron chi connectivity index (χ0n) is 13.4. The first kappa shape index (κ1) is 17.1. The number of benzene rings is 2. The summed E-state index contributed by atoms with van der Waals surface area (Å²) in [5, 5.41) is 10.8. The second kappa shape index (κ2) is 6.12. The van der Waals surface area contributed by atoms with E-state index in [4.69, 9.17) is 17.3 Å². The molecule has 0 spiro atoms. The lowest BCUT2D eigenvalue weighted by atomic mass is 9.91. The van der Waals surface area contributed by atoms with Crippen LogP contribution in [0, 0.1) is 0 Å². The van der Waals surface area contributed by atoms with Crippen LogP contribution in [0.25, 0.3) is 0 Å². The fraction of sp³-hybridized carbons (Fsp3) is 0.167. The molecule has 0 fully saturated rings. The minimum absolute atomic E-state index is 0.0481. The lowest BCUT2D eigenvalue weighted by Crippen LogP contribution is -2.49. The Bertz CT molecular complexity index is 964. The number of amides is 2. The molecule has 0 saturated heterocycles. The lowest BCUT2D eigenvalue weighted by Gasteiger charge is -2.26. The molecule has 2 aromatic rings. The van der Waals surface area contributed by atoms with E-state index in [1.54, 1.807) is 42.5 Å². The maximum atomic E-state index is 13.2. The zero-order valence-corrected chi connectivity index (χ0v) is 15.0. The van der Waals surface area contributed by atoms with Gasteiger partial charge in [-0.25, -0.2) is 0 Å². The molecule has 2 atom stereocenters. The third-order valence-electron chi connectivity index (χ3n) is 4.47. The highest BCUT2D eigenvalue weighted by Crippen LogP contribution is 2.47. The maximum Gasteiger partial charge on any atom is 0.265 e. The Morgan fingerprint density at radius 3 is 2.69 bits per heavy atom. The number of nitrogens with two attached hydrogens (primary N) is 1. The van der Waals surface area contributed by atoms with E-state index in [0.29, 0.717) is 16.3 Å². The number of hydrogen-bond acceptors (Lipinski definition) is 5. The number of thioether (sulfide) groups is 1. The fourth-order valence-corrected chi connectivity index (χ4v) is 4.47. The number of rotatable bonds is 3. The molecule has 132 valence electrons. The molecular weight excluding hydrogens is 374 g/mol. The maximum absolute atomic E-state index is 13.2. The van der Waals surface area contributed by atoms with Crippen LogP contribution in [-0.4, -0.2) is 27.3 Å². The molecule has 0 aliphatic carbocycles. The Kier molecular flexibility index (Phi) is 4.02. The van der Waals surface area contributed by atoms with Crippen LogP contribution in [0.1, 0.15) is 11.1 Å². The summed E-state index contributed by atoms with van der Waals surface area (Å²) < 4.78 is 0. The molecule has 4 rings (SSSR count). The van der Waals surface area contributed by atoms with Gasteiger partial charge >= 0.3 is 0 Å². The van der Waals surface area contributed by atoms with Crippen LogP contribution in [0.4, 0.5) is 5.69 Å². The van der Waals surface area contributed by atoms with E-state index in [9.17, 15) is 14.7 Å². The monoisotopic (exact) mass is 387 g/mol. The molecule has 2 aliphatic heterocycles. The van der Waals surface area contributed by atoms with E-state index in [1.165, 1.54) is 4.90 Å². The number of anilines is 1. The van der Waals surface area contributed by atoms with Gasteiger partial charge in [0.05, 0.1) is 12.2 Å². The normalized spacial score (nSPS) is 24.8. The highest BCUT2D eigenvalue weighted by atomic mass is 35.5. The second-order valence-corrected chi connectivity index (χ2v) is 7.65. The molecule has 0 bridgehead atoms. The second-order valence-electron chi connectivity index (χ2n) is 6.09. The number of para-hydroxylation sites is 1. The molecule has 6 nitrogen and oxygen atoms in total. The van der Waals surface area contributed by atoms with E-state index in [1.807, 2.05) is 6.07 Å². The van der Waals surface area contributed by atoms with Gasteiger partial charge in [-0.15, -0.1) is 0 Å². The van der Waals surface area contributed by atoms with Gasteiger partial charge in [0.1, 0.15) is 5.25 Å². The summed E-state index contributed by atoms with van der Waals surface area (Å²) in [6.07, 6.45) is 0. The van der Waals surface area contributed by atoms with E-state index in [2.05, 4.69) is 4.99 Å². The van der Waals surface area contributed by atoms with E-state index >= 15 is 0 Å². The minimum Gasteiger partial charge on any atom is -0.378 e. The summed E-state index contributed by atoms with van der Waals surface area (Å²) in [5.41, 5.74) is 5.35. The molecule has 8 heteroatoms. The van der Waals surface area contributed by atoms with Crippen molar-refractivity contribution >= 4 is 46.0 Å². The lowest BCUT2D eigenvalue weighted by molar-refractivity contribution is -0.140. The Labute approximate surface area is 158 Å². The van der Waals surface area contributed by atoms with Crippen LogP contribution in [0.2, 0.25) is 5.02 Å². The molecule has 2 heterocycles. The number of aliphatic hydroxyl groups is 1. The summed E-state index contributed by atoms with van der Waals surface area (Å²) in [6.45, 7) is 0.223. The summed E-state index contributed by atoms with van der Waals surface area (Å²) >= 11 is 6.94. The van der Waals surface area contributed by atoms with E-state index in [-0.39, 0.29) is 11.7 Å². The van der Waals surface area contributed by atoms with Crippen LogP contribution in [0.3, 0.4) is 0 Å². The molecular formula is C18H14ClN3O3S. The highest BCUT2D eigenvalue weighted by Gasteiger charge is 2.59. The smallest absolute Gasteiger partial charge is 0.265 e. The Morgan fingerprint density at radius 1 is 1.23 bits per heavy atom. The van der Waals surface area contributed by atoms with Gasteiger partial charge in [0.15, 0.2) is 10.8 Å². The van der Waals surface area contributed by atoms with Crippen molar-refractivity contribution in [3.63, 3.8) is 0 Å². The van der Waals surface area contributed by atoms with Gasteiger partial charge in [0.25, 0.3) is 11.8 Å². The highest BCUT2D eigenvalue weighted by molar-refractivity contribution is 8.15. The quantitative estimate of drug-likeness (QED) is 0.840. The SMILES string of the molecule is NC1=NC(=O)[C@H]([C@]2(O)C(=O)N(Cc3cccc(Cl)c3)c3ccccc32)S1. The van der Waals surface area contributed by atoms with Gasteiger partial charge in [0.2, 0.25) is 0 Å². The molecule has 0 saturated carbocycles. The first-order chi connectivity index (χ1) is 12.4. The molecule has 0 aromatic heterocycles. The van der Waals surface area contributed by atoms with E-state index < -0.39 is 22.7 Å². The number of amidine groups is 1. The fourth-order valence-electron chi connectivity index (χ4n) is 3.32. The largest absolute Gasteiger partial charge is 0.378 e. The minimum atomic E-state index is -2.01. The van der Waals surface area contributed by atoms with Gasteiger partial charge in [-0.1, -0.05) is 53.7 Å². The number of fused-ring (bicyclic) bond motifs is 1. The molecule has 2 aromatic carbocycles. The van der Waals surface area contributed by atoms with Crippen molar-refractivity contribution in [3.05, 3.63) is 64.7 Å². The summed E-state index contributed by atoms with van der Waals surface area (Å²) in [6, 6.07) is 14.0. The van der Waals surface area contributed by atoms with Gasteiger partial charge in [-0.2, -0.15) is 4.99 Å². The molecule has 3 N–H and O–H groups in total. The zero-order chi connectivity index (χ0) is 18.5. The summed E-state index contributed by atoms with van der Waals surface area (Å²) in [5.74, 6) is -1.18. The van der Waals surface area contributed by atoms with Crippen molar-refractivity contribution in [1.82, 2.24) is 0 Å². The first-order valence-corrected chi connectivity index (χ1v) is 9.10. The van der Waals surface area contributed by atoms with Crippen molar-refractivity contribution in [2.75, 3.05) is 4.90 Å². The standard InChI is InChI=1S/C18H14ClN3O3S/c19-11-5-3-4-10(8-11)9-22-13-7-2-1-6-12(13)18(25,16(22)24)14-15(23)21-17(20)26-14/h1-8,14,25H,9H2,(H2,20,21,23)/t14-,18+/m1/s1. The topological polar surface area (TPSA) is 96.0 Å². The van der Waals surface area contributed by atoms with Crippen molar-refractivity contribution in [2.24, 2.45) is 10.7 Å². The predicted octanol–water partition coefficient (Wildman–Crippen LogP) is 2.03. The van der Waals surface area contributed by atoms with Gasteiger partial charge < -0.3 is 15.7 Å². The van der Waals surface area contributed by atoms with Crippen LogP contribution >= 0.6 is 23.4 Å². The Balaban J connectivity index is 1.77. The number of aliphatic imine (C=N–C) groups is 1. The third kappa shape index (κ3) is 2.51. The molecule has 0 unspecified atom stereocenters. The Hall–Kier alpha value is -2.35. The van der Waals surface area contributed by atoms with Gasteiger partial charge in [-0.3, -0.25) is 9.59 Å². The van der Waals surface area contributed by atoms with Crippen molar-refractivity contribution in [3.8, 4) is 0 Å². The van der Waals surface area contributed by atoms with Crippen LogP contribution < -0.4 is 10.6 Å². The number of nitrogens with zero attached hydrogens (tertiary/aromatic N) is 2. The average molecular weight is 388 g/mol. The number of hydrogen-bond donors (Lipinski definition) is 2. The summed E-state index contributed by atoms with van der Waals surface area (Å²) in [7, 11) is 0. The van der Waals surface area contributed by atoms with Crippen LogP contribution in [0.5, 0.6) is 0 Å². The Morgan fingerprint density at radius 2 is 2.00 bits per heavy atom. The number of carbonyl (C=O) groups excluding carboxylic acids is 2. The number of halogens is 1. The van der Waals surface area contributed by atoms with E-state index in [0.717, 1.165) is 17.3 Å². The van der Waals surface area contributed by atoms with Gasteiger partial charge in [0, 0.05) is 10.6 Å². The third-order valence-corrected chi connectivity index (χ3v) is 5.82. The number of carbonyl (C=O) groups is 2. The first-order valence-electron chi connectivity index (χ1n) is 7.84. The average Bonchev–Trinajstić information content (AvgIpc) is 3.06. The summed E-state index contributed by atoms with van der Waals surface area (Å²) in [4.78, 5) is 30.5. The molecule has 0 radical (unpaired) electrons. The molecule has 2 amide bonds. The van der Waals surface area contributed by atoms with Crippen molar-refractivity contribution < 1.29 is 14.7 Å². The van der Waals surface area contributed by atoms with Crippen LogP contribution in [-0.2, 0) is 21.7 Å². The van der Waals surface area contributed by atoms with Crippen molar-refractivity contribution in [2.45, 2.75) is 17.4 Å². The predicted molar refractivity (Wildman–Crippen MR) is 101 cm³/mol. The molecule has 2 aliphatic rings. The van der Waals surface area contributed by atoms with Crippen LogP contribution in [0.15, 0.2) is 53.5 Å². The van der Waals surface area contributed by atoms with Crippen molar-refractivity contribution in [1.29, 1.82) is 0 Å².